The van der Waals surface area contributed by atoms with Crippen molar-refractivity contribution < 1.29 is 9.18 Å². The van der Waals surface area contributed by atoms with Crippen molar-refractivity contribution >= 4 is 17.7 Å². The summed E-state index contributed by atoms with van der Waals surface area (Å²) in [5.74, 6) is 5.86. The number of rotatable bonds is 6. The molecule has 140 valence electrons. The van der Waals surface area contributed by atoms with Crippen molar-refractivity contribution in [2.24, 2.45) is 0 Å². The Kier molecular flexibility index (Phi) is 5.75. The lowest BCUT2D eigenvalue weighted by molar-refractivity contribution is -0.120. The number of hydrogen-bond acceptors (Lipinski definition) is 5. The number of hydrogen-bond donors (Lipinski definition) is 2. The van der Waals surface area contributed by atoms with E-state index in [0.29, 0.717) is 23.1 Å². The van der Waals surface area contributed by atoms with Gasteiger partial charge in [0, 0.05) is 12.1 Å². The van der Waals surface area contributed by atoms with Crippen molar-refractivity contribution in [3.05, 3.63) is 65.5 Å². The fraction of sp³-hybridized carbons (Fsp3) is 0.211. The highest BCUT2D eigenvalue weighted by molar-refractivity contribution is 8.00. The summed E-state index contributed by atoms with van der Waals surface area (Å²) in [5, 5.41) is 10.9. The molecule has 0 aliphatic carbocycles. The Hall–Kier alpha value is -2.87. The van der Waals surface area contributed by atoms with E-state index in [1.54, 1.807) is 19.1 Å². The topological polar surface area (TPSA) is 85.8 Å². The summed E-state index contributed by atoms with van der Waals surface area (Å²) >= 11 is 1.19. The van der Waals surface area contributed by atoms with Crippen LogP contribution in [0.1, 0.15) is 18.1 Å². The Labute approximate surface area is 161 Å². The number of nitrogens with one attached hydrogen (secondary N) is 1. The van der Waals surface area contributed by atoms with Crippen LogP contribution in [0.4, 0.5) is 4.39 Å². The van der Waals surface area contributed by atoms with Crippen LogP contribution < -0.4 is 11.2 Å². The molecule has 0 radical (unpaired) electrons. The number of amides is 1. The van der Waals surface area contributed by atoms with E-state index in [9.17, 15) is 9.18 Å². The number of benzene rings is 2. The maximum atomic E-state index is 13.4. The molecule has 0 aliphatic rings. The van der Waals surface area contributed by atoms with Gasteiger partial charge in [-0.15, -0.1) is 10.2 Å². The molecular formula is C19H20FN5OS. The quantitative estimate of drug-likeness (QED) is 0.503. The van der Waals surface area contributed by atoms with E-state index in [0.717, 1.165) is 5.56 Å². The van der Waals surface area contributed by atoms with Gasteiger partial charge in [0.05, 0.1) is 5.25 Å². The van der Waals surface area contributed by atoms with Crippen LogP contribution >= 0.6 is 11.8 Å². The summed E-state index contributed by atoms with van der Waals surface area (Å²) in [6.45, 7) is 4.24. The predicted molar refractivity (Wildman–Crippen MR) is 104 cm³/mol. The standard InChI is InChI=1S/C19H20FN5OS/c1-12-6-8-14(9-7-12)11-22-18(26)13(2)27-19-24-23-17(25(19)21)15-4-3-5-16(20)10-15/h3-10,13H,11,21H2,1-2H3,(H,22,26)/t13-/m0/s1. The van der Waals surface area contributed by atoms with E-state index in [4.69, 9.17) is 5.84 Å². The molecule has 0 bridgehead atoms. The molecule has 8 heteroatoms. The van der Waals surface area contributed by atoms with Gasteiger partial charge in [-0.05, 0) is 31.5 Å². The molecule has 1 atom stereocenters. The average Bonchev–Trinajstić information content (AvgIpc) is 3.01. The minimum Gasteiger partial charge on any atom is -0.351 e. The van der Waals surface area contributed by atoms with Crippen LogP contribution in [0.25, 0.3) is 11.4 Å². The molecule has 0 fully saturated rings. The molecule has 3 rings (SSSR count). The number of carbonyl (C=O) groups excluding carboxylic acids is 1. The fourth-order valence-corrected chi connectivity index (χ4v) is 3.23. The first kappa shape index (κ1) is 18.9. The molecule has 3 N–H and O–H groups in total. The number of carbonyl (C=O) groups is 1. The molecule has 0 unspecified atom stereocenters. The van der Waals surface area contributed by atoms with E-state index in [2.05, 4.69) is 15.5 Å². The van der Waals surface area contributed by atoms with Crippen LogP contribution in [0.2, 0.25) is 0 Å². The molecule has 1 heterocycles. The zero-order valence-corrected chi connectivity index (χ0v) is 15.8. The Morgan fingerprint density at radius 1 is 1.26 bits per heavy atom. The largest absolute Gasteiger partial charge is 0.351 e. The Balaban J connectivity index is 1.62. The first-order valence-corrected chi connectivity index (χ1v) is 9.28. The number of nitrogens with two attached hydrogens (primary N) is 1. The number of aryl methyl sites for hydroxylation is 1. The first-order chi connectivity index (χ1) is 12.9. The minimum absolute atomic E-state index is 0.129. The van der Waals surface area contributed by atoms with Gasteiger partial charge in [-0.1, -0.05) is 53.7 Å². The molecule has 0 aliphatic heterocycles. The van der Waals surface area contributed by atoms with Crippen LogP contribution in [0.3, 0.4) is 0 Å². The third-order valence-corrected chi connectivity index (χ3v) is 5.04. The first-order valence-electron chi connectivity index (χ1n) is 8.40. The molecule has 3 aromatic rings. The SMILES string of the molecule is Cc1ccc(CNC(=O)[C@H](C)Sc2nnc(-c3cccc(F)c3)n2N)cc1. The van der Waals surface area contributed by atoms with Gasteiger partial charge in [0.25, 0.3) is 0 Å². The van der Waals surface area contributed by atoms with E-state index >= 15 is 0 Å². The normalized spacial score (nSPS) is 12.0. The molecule has 2 aromatic carbocycles. The van der Waals surface area contributed by atoms with E-state index in [1.807, 2.05) is 31.2 Å². The molecular weight excluding hydrogens is 365 g/mol. The average molecular weight is 385 g/mol. The third kappa shape index (κ3) is 4.65. The highest BCUT2D eigenvalue weighted by atomic mass is 32.2. The van der Waals surface area contributed by atoms with Crippen molar-refractivity contribution in [2.45, 2.75) is 30.8 Å². The molecule has 0 saturated carbocycles. The zero-order chi connectivity index (χ0) is 19.4. The van der Waals surface area contributed by atoms with Gasteiger partial charge in [-0.2, -0.15) is 0 Å². The lowest BCUT2D eigenvalue weighted by Gasteiger charge is -2.11. The van der Waals surface area contributed by atoms with Gasteiger partial charge in [0.1, 0.15) is 5.82 Å². The van der Waals surface area contributed by atoms with Crippen molar-refractivity contribution in [1.82, 2.24) is 20.2 Å². The monoisotopic (exact) mass is 385 g/mol. The van der Waals surface area contributed by atoms with Crippen molar-refractivity contribution in [2.75, 3.05) is 5.84 Å². The summed E-state index contributed by atoms with van der Waals surface area (Å²) in [4.78, 5) is 12.3. The smallest absolute Gasteiger partial charge is 0.233 e. The number of nitrogens with zero attached hydrogens (tertiary/aromatic N) is 3. The maximum absolute atomic E-state index is 13.4. The molecule has 0 spiro atoms. The number of thioether (sulfide) groups is 1. The highest BCUT2D eigenvalue weighted by Crippen LogP contribution is 2.25. The van der Waals surface area contributed by atoms with E-state index in [1.165, 1.54) is 34.1 Å². The Bertz CT molecular complexity index is 942. The fourth-order valence-electron chi connectivity index (χ4n) is 2.43. The zero-order valence-electron chi connectivity index (χ0n) is 15.0. The van der Waals surface area contributed by atoms with Gasteiger partial charge in [0.15, 0.2) is 5.82 Å². The third-order valence-electron chi connectivity index (χ3n) is 3.99. The summed E-state index contributed by atoms with van der Waals surface area (Å²) in [6.07, 6.45) is 0. The van der Waals surface area contributed by atoms with E-state index in [-0.39, 0.29) is 11.7 Å². The number of nitrogen functional groups attached to an aromatic ring is 1. The Morgan fingerprint density at radius 2 is 2.00 bits per heavy atom. The summed E-state index contributed by atoms with van der Waals surface area (Å²) in [5.41, 5.74) is 2.72. The Morgan fingerprint density at radius 3 is 2.70 bits per heavy atom. The number of aromatic nitrogens is 3. The summed E-state index contributed by atoms with van der Waals surface area (Å²) in [7, 11) is 0. The summed E-state index contributed by atoms with van der Waals surface area (Å²) < 4.78 is 14.7. The molecule has 1 aromatic heterocycles. The van der Waals surface area contributed by atoms with Gasteiger partial charge in [-0.25, -0.2) is 9.07 Å². The lowest BCUT2D eigenvalue weighted by atomic mass is 10.1. The van der Waals surface area contributed by atoms with Crippen LogP contribution in [0.15, 0.2) is 53.7 Å². The molecule has 1 amide bonds. The van der Waals surface area contributed by atoms with E-state index < -0.39 is 5.25 Å². The highest BCUT2D eigenvalue weighted by Gasteiger charge is 2.20. The van der Waals surface area contributed by atoms with Gasteiger partial charge in [-0.3, -0.25) is 4.79 Å². The molecule has 6 nitrogen and oxygen atoms in total. The van der Waals surface area contributed by atoms with Gasteiger partial charge in [0.2, 0.25) is 11.1 Å². The lowest BCUT2D eigenvalue weighted by Crippen LogP contribution is -2.30. The maximum Gasteiger partial charge on any atom is 0.233 e. The molecule has 0 saturated heterocycles. The second-order valence-corrected chi connectivity index (χ2v) is 7.46. The van der Waals surface area contributed by atoms with Crippen LogP contribution in [0, 0.1) is 12.7 Å². The van der Waals surface area contributed by atoms with Crippen LogP contribution in [-0.4, -0.2) is 26.0 Å². The second kappa shape index (κ2) is 8.22. The minimum atomic E-state index is -0.415. The van der Waals surface area contributed by atoms with Crippen molar-refractivity contribution in [3.8, 4) is 11.4 Å². The van der Waals surface area contributed by atoms with Gasteiger partial charge >= 0.3 is 0 Å². The van der Waals surface area contributed by atoms with Crippen LogP contribution in [0.5, 0.6) is 0 Å². The van der Waals surface area contributed by atoms with Crippen LogP contribution in [-0.2, 0) is 11.3 Å². The molecule has 27 heavy (non-hydrogen) atoms. The number of halogens is 1. The predicted octanol–water partition coefficient (Wildman–Crippen LogP) is 2.90. The van der Waals surface area contributed by atoms with Crippen molar-refractivity contribution in [3.63, 3.8) is 0 Å². The summed E-state index contributed by atoms with van der Waals surface area (Å²) in [6, 6.07) is 13.9. The second-order valence-electron chi connectivity index (χ2n) is 6.15. The van der Waals surface area contributed by atoms with Crippen molar-refractivity contribution in [1.29, 1.82) is 0 Å². The van der Waals surface area contributed by atoms with Gasteiger partial charge < -0.3 is 11.2 Å².